The van der Waals surface area contributed by atoms with Crippen LogP contribution in [-0.4, -0.2) is 12.3 Å². The standard InChI is InChI=1S/C16H17NOS/c1-2-5-13(6-3-1)12-18-15-8-4-7-14(11-15)16-17-9-10-19-16/h1-8,11,16-17H,9-10,12H2/t16-/m1/s1. The number of nitrogens with one attached hydrogen (secondary N) is 1. The molecule has 1 aliphatic rings. The summed E-state index contributed by atoms with van der Waals surface area (Å²) in [5, 5.41) is 3.90. The van der Waals surface area contributed by atoms with E-state index in [0.29, 0.717) is 12.0 Å². The number of benzene rings is 2. The van der Waals surface area contributed by atoms with Crippen LogP contribution in [0.25, 0.3) is 0 Å². The van der Waals surface area contributed by atoms with Crippen molar-refractivity contribution in [2.75, 3.05) is 12.3 Å². The van der Waals surface area contributed by atoms with Crippen molar-refractivity contribution in [2.45, 2.75) is 12.0 Å². The van der Waals surface area contributed by atoms with Gasteiger partial charge in [-0.1, -0.05) is 42.5 Å². The Morgan fingerprint density at radius 3 is 2.79 bits per heavy atom. The van der Waals surface area contributed by atoms with Gasteiger partial charge in [0.15, 0.2) is 0 Å². The first-order valence-electron chi connectivity index (χ1n) is 6.53. The van der Waals surface area contributed by atoms with Crippen molar-refractivity contribution in [3.63, 3.8) is 0 Å². The van der Waals surface area contributed by atoms with E-state index in [4.69, 9.17) is 4.74 Å². The van der Waals surface area contributed by atoms with Crippen LogP contribution in [0.4, 0.5) is 0 Å². The van der Waals surface area contributed by atoms with Crippen molar-refractivity contribution in [3.8, 4) is 5.75 Å². The van der Waals surface area contributed by atoms with Crippen LogP contribution in [0.2, 0.25) is 0 Å². The third-order valence-electron chi connectivity index (χ3n) is 3.13. The highest BCUT2D eigenvalue weighted by Crippen LogP contribution is 2.31. The van der Waals surface area contributed by atoms with Crippen LogP contribution >= 0.6 is 11.8 Å². The SMILES string of the molecule is c1ccc(COc2cccc([C@@H]3NCCS3)c2)cc1. The molecule has 0 aromatic heterocycles. The zero-order chi connectivity index (χ0) is 12.9. The van der Waals surface area contributed by atoms with Gasteiger partial charge in [0.1, 0.15) is 12.4 Å². The van der Waals surface area contributed by atoms with Gasteiger partial charge in [-0.05, 0) is 23.3 Å². The molecule has 2 aromatic carbocycles. The van der Waals surface area contributed by atoms with Gasteiger partial charge < -0.3 is 10.1 Å². The van der Waals surface area contributed by atoms with E-state index >= 15 is 0 Å². The van der Waals surface area contributed by atoms with Gasteiger partial charge in [0.25, 0.3) is 0 Å². The molecule has 0 saturated carbocycles. The second-order valence-electron chi connectivity index (χ2n) is 4.55. The quantitative estimate of drug-likeness (QED) is 0.918. The number of hydrogen-bond donors (Lipinski definition) is 1. The Morgan fingerprint density at radius 2 is 2.00 bits per heavy atom. The monoisotopic (exact) mass is 271 g/mol. The Labute approximate surface area is 118 Å². The molecule has 2 aromatic rings. The van der Waals surface area contributed by atoms with E-state index in [9.17, 15) is 0 Å². The zero-order valence-electron chi connectivity index (χ0n) is 10.7. The third kappa shape index (κ3) is 3.31. The fourth-order valence-electron chi connectivity index (χ4n) is 2.15. The smallest absolute Gasteiger partial charge is 0.120 e. The van der Waals surface area contributed by atoms with Crippen molar-refractivity contribution in [3.05, 3.63) is 65.7 Å². The maximum absolute atomic E-state index is 5.86. The van der Waals surface area contributed by atoms with E-state index in [2.05, 4.69) is 35.6 Å². The van der Waals surface area contributed by atoms with Gasteiger partial charge in [-0.25, -0.2) is 0 Å². The maximum Gasteiger partial charge on any atom is 0.120 e. The molecule has 98 valence electrons. The van der Waals surface area contributed by atoms with Crippen molar-refractivity contribution in [1.82, 2.24) is 5.32 Å². The van der Waals surface area contributed by atoms with Crippen molar-refractivity contribution < 1.29 is 4.74 Å². The van der Waals surface area contributed by atoms with Crippen LogP contribution in [-0.2, 0) is 6.61 Å². The first-order valence-corrected chi connectivity index (χ1v) is 7.58. The van der Waals surface area contributed by atoms with E-state index < -0.39 is 0 Å². The lowest BCUT2D eigenvalue weighted by atomic mass is 10.2. The van der Waals surface area contributed by atoms with Crippen LogP contribution in [0.3, 0.4) is 0 Å². The number of thioether (sulfide) groups is 1. The van der Waals surface area contributed by atoms with Crippen molar-refractivity contribution in [2.24, 2.45) is 0 Å². The van der Waals surface area contributed by atoms with Gasteiger partial charge in [0.05, 0.1) is 5.37 Å². The average Bonchev–Trinajstić information content (AvgIpc) is 3.01. The summed E-state index contributed by atoms with van der Waals surface area (Å²) in [5.41, 5.74) is 2.49. The normalized spacial score (nSPS) is 18.4. The molecule has 0 radical (unpaired) electrons. The molecule has 19 heavy (non-hydrogen) atoms. The van der Waals surface area contributed by atoms with Crippen LogP contribution in [0.5, 0.6) is 5.75 Å². The van der Waals surface area contributed by atoms with Crippen LogP contribution in [0.1, 0.15) is 16.5 Å². The first kappa shape index (κ1) is 12.6. The van der Waals surface area contributed by atoms with E-state index in [1.165, 1.54) is 16.9 Å². The zero-order valence-corrected chi connectivity index (χ0v) is 11.5. The Bertz CT molecular complexity index is 523. The minimum Gasteiger partial charge on any atom is -0.489 e. The molecular weight excluding hydrogens is 254 g/mol. The topological polar surface area (TPSA) is 21.3 Å². The van der Waals surface area contributed by atoms with Crippen molar-refractivity contribution in [1.29, 1.82) is 0 Å². The Kier molecular flexibility index (Phi) is 4.06. The molecule has 3 heteroatoms. The molecule has 1 saturated heterocycles. The number of ether oxygens (including phenoxy) is 1. The first-order chi connectivity index (χ1) is 9.42. The summed E-state index contributed by atoms with van der Waals surface area (Å²) in [4.78, 5) is 0. The van der Waals surface area contributed by atoms with Crippen LogP contribution in [0.15, 0.2) is 54.6 Å². The molecular formula is C16H17NOS. The number of rotatable bonds is 4. The second kappa shape index (κ2) is 6.13. The predicted octanol–water partition coefficient (Wildman–Crippen LogP) is 3.60. The Hall–Kier alpha value is -1.45. The van der Waals surface area contributed by atoms with Gasteiger partial charge in [0.2, 0.25) is 0 Å². The molecule has 3 rings (SSSR count). The molecule has 0 unspecified atom stereocenters. The lowest BCUT2D eigenvalue weighted by Gasteiger charge is -2.12. The summed E-state index contributed by atoms with van der Waals surface area (Å²) >= 11 is 1.95. The fourth-order valence-corrected chi connectivity index (χ4v) is 3.19. The summed E-state index contributed by atoms with van der Waals surface area (Å²) in [7, 11) is 0. The highest BCUT2D eigenvalue weighted by Gasteiger charge is 2.16. The molecule has 0 bridgehead atoms. The van der Waals surface area contributed by atoms with Gasteiger partial charge in [-0.2, -0.15) is 0 Å². The molecule has 0 amide bonds. The molecule has 2 nitrogen and oxygen atoms in total. The number of hydrogen-bond acceptors (Lipinski definition) is 3. The minimum absolute atomic E-state index is 0.417. The summed E-state index contributed by atoms with van der Waals surface area (Å²) < 4.78 is 5.86. The molecule has 1 atom stereocenters. The van der Waals surface area contributed by atoms with E-state index in [1.807, 2.05) is 36.0 Å². The van der Waals surface area contributed by atoms with E-state index in [-0.39, 0.29) is 0 Å². The largest absolute Gasteiger partial charge is 0.489 e. The summed E-state index contributed by atoms with van der Waals surface area (Å²) in [6.45, 7) is 1.71. The van der Waals surface area contributed by atoms with Gasteiger partial charge >= 0.3 is 0 Å². The molecule has 1 N–H and O–H groups in total. The molecule has 1 aliphatic heterocycles. The predicted molar refractivity (Wildman–Crippen MR) is 80.4 cm³/mol. The van der Waals surface area contributed by atoms with Crippen LogP contribution in [0, 0.1) is 0 Å². The highest BCUT2D eigenvalue weighted by molar-refractivity contribution is 7.99. The van der Waals surface area contributed by atoms with Gasteiger partial charge in [0, 0.05) is 12.3 Å². The van der Waals surface area contributed by atoms with E-state index in [0.717, 1.165) is 12.3 Å². The third-order valence-corrected chi connectivity index (χ3v) is 4.34. The van der Waals surface area contributed by atoms with Gasteiger partial charge in [-0.15, -0.1) is 11.8 Å². The lowest BCUT2D eigenvalue weighted by Crippen LogP contribution is -2.11. The summed E-state index contributed by atoms with van der Waals surface area (Å²) in [6, 6.07) is 18.6. The maximum atomic E-state index is 5.86. The van der Waals surface area contributed by atoms with Crippen molar-refractivity contribution >= 4 is 11.8 Å². The van der Waals surface area contributed by atoms with E-state index in [1.54, 1.807) is 0 Å². The van der Waals surface area contributed by atoms with Gasteiger partial charge in [-0.3, -0.25) is 0 Å². The Balaban J connectivity index is 1.66. The fraction of sp³-hybridized carbons (Fsp3) is 0.250. The molecule has 0 aliphatic carbocycles. The second-order valence-corrected chi connectivity index (χ2v) is 5.76. The Morgan fingerprint density at radius 1 is 1.11 bits per heavy atom. The molecule has 0 spiro atoms. The lowest BCUT2D eigenvalue weighted by molar-refractivity contribution is 0.306. The summed E-state index contributed by atoms with van der Waals surface area (Å²) in [5.74, 6) is 2.12. The highest BCUT2D eigenvalue weighted by atomic mass is 32.2. The molecule has 1 fully saturated rings. The average molecular weight is 271 g/mol. The minimum atomic E-state index is 0.417. The molecule has 1 heterocycles. The summed E-state index contributed by atoms with van der Waals surface area (Å²) in [6.07, 6.45) is 0. The van der Waals surface area contributed by atoms with Crippen LogP contribution < -0.4 is 10.1 Å².